The molecule has 0 aromatic heterocycles. The van der Waals surface area contributed by atoms with Crippen molar-refractivity contribution in [3.05, 3.63) is 65.2 Å². The molecule has 0 aliphatic heterocycles. The first-order valence-electron chi connectivity index (χ1n) is 6.80. The molecule has 0 aliphatic rings. The van der Waals surface area contributed by atoms with Gasteiger partial charge < -0.3 is 11.1 Å². The van der Waals surface area contributed by atoms with Gasteiger partial charge in [-0.2, -0.15) is 0 Å². The largest absolute Gasteiger partial charge is 0.389 e. The molecule has 0 fully saturated rings. The second kappa shape index (κ2) is 6.99. The zero-order valence-corrected chi connectivity index (χ0v) is 12.7. The number of nitrogens with one attached hydrogen (secondary N) is 1. The predicted molar refractivity (Wildman–Crippen MR) is 90.5 cm³/mol. The molecule has 3 nitrogen and oxygen atoms in total. The van der Waals surface area contributed by atoms with Crippen molar-refractivity contribution >= 4 is 28.8 Å². The van der Waals surface area contributed by atoms with E-state index in [4.69, 9.17) is 18.0 Å². The average Bonchev–Trinajstić information content (AvgIpc) is 2.47. The number of carbonyl (C=O) groups excluding carboxylic acids is 1. The van der Waals surface area contributed by atoms with Gasteiger partial charge >= 0.3 is 0 Å². The number of hydrogen-bond donors (Lipinski definition) is 2. The topological polar surface area (TPSA) is 55.1 Å². The van der Waals surface area contributed by atoms with E-state index in [9.17, 15) is 4.79 Å². The molecule has 0 spiro atoms. The summed E-state index contributed by atoms with van der Waals surface area (Å²) in [6, 6.07) is 15.5. The SMILES string of the molecule is Cc1ccc(CCC(=O)Nc2cccc(C(N)=S)c2)cc1. The van der Waals surface area contributed by atoms with Crippen LogP contribution in [0.4, 0.5) is 5.69 Å². The zero-order chi connectivity index (χ0) is 15.2. The van der Waals surface area contributed by atoms with Crippen LogP contribution in [0.2, 0.25) is 0 Å². The molecule has 2 aromatic rings. The number of aryl methyl sites for hydroxylation is 2. The minimum absolute atomic E-state index is 0.0179. The Hall–Kier alpha value is -2.20. The van der Waals surface area contributed by atoms with Crippen LogP contribution in [0.5, 0.6) is 0 Å². The standard InChI is InChI=1S/C17H18N2OS/c1-12-5-7-13(8-6-12)9-10-16(20)19-15-4-2-3-14(11-15)17(18)21/h2-8,11H,9-10H2,1H3,(H2,18,21)(H,19,20). The molecule has 0 aliphatic carbocycles. The number of amides is 1. The molecule has 0 atom stereocenters. The summed E-state index contributed by atoms with van der Waals surface area (Å²) in [5.41, 5.74) is 9.43. The quantitative estimate of drug-likeness (QED) is 0.833. The Morgan fingerprint density at radius 2 is 1.90 bits per heavy atom. The van der Waals surface area contributed by atoms with Crippen molar-refractivity contribution in [3.8, 4) is 0 Å². The van der Waals surface area contributed by atoms with Gasteiger partial charge in [-0.3, -0.25) is 4.79 Å². The van der Waals surface area contributed by atoms with Crippen LogP contribution >= 0.6 is 12.2 Å². The Morgan fingerprint density at radius 1 is 1.19 bits per heavy atom. The third kappa shape index (κ3) is 4.68. The zero-order valence-electron chi connectivity index (χ0n) is 11.9. The van der Waals surface area contributed by atoms with Gasteiger partial charge in [-0.15, -0.1) is 0 Å². The highest BCUT2D eigenvalue weighted by Crippen LogP contribution is 2.12. The molecule has 21 heavy (non-hydrogen) atoms. The third-order valence-corrected chi connectivity index (χ3v) is 3.43. The summed E-state index contributed by atoms with van der Waals surface area (Å²) in [6.07, 6.45) is 1.17. The van der Waals surface area contributed by atoms with Gasteiger partial charge in [0.1, 0.15) is 4.99 Å². The number of hydrogen-bond acceptors (Lipinski definition) is 2. The van der Waals surface area contributed by atoms with Gasteiger partial charge in [-0.1, -0.05) is 54.2 Å². The molecule has 0 saturated heterocycles. The Kier molecular flexibility index (Phi) is 5.06. The van der Waals surface area contributed by atoms with Crippen molar-refractivity contribution in [2.24, 2.45) is 5.73 Å². The van der Waals surface area contributed by atoms with Gasteiger partial charge in [0.25, 0.3) is 0 Å². The van der Waals surface area contributed by atoms with E-state index in [0.29, 0.717) is 17.1 Å². The van der Waals surface area contributed by atoms with Crippen LogP contribution in [0.15, 0.2) is 48.5 Å². The Morgan fingerprint density at radius 3 is 2.57 bits per heavy atom. The molecule has 4 heteroatoms. The van der Waals surface area contributed by atoms with Crippen LogP contribution in [0.1, 0.15) is 23.1 Å². The minimum Gasteiger partial charge on any atom is -0.389 e. The number of rotatable bonds is 5. The van der Waals surface area contributed by atoms with Crippen molar-refractivity contribution < 1.29 is 4.79 Å². The lowest BCUT2D eigenvalue weighted by atomic mass is 10.1. The summed E-state index contributed by atoms with van der Waals surface area (Å²) in [5.74, 6) is -0.0179. The van der Waals surface area contributed by atoms with Crippen LogP contribution in [-0.4, -0.2) is 10.9 Å². The fraction of sp³-hybridized carbons (Fsp3) is 0.176. The van der Waals surface area contributed by atoms with Crippen LogP contribution in [0.3, 0.4) is 0 Å². The maximum absolute atomic E-state index is 12.0. The molecule has 2 aromatic carbocycles. The first kappa shape index (κ1) is 15.2. The highest BCUT2D eigenvalue weighted by atomic mass is 32.1. The van der Waals surface area contributed by atoms with Gasteiger partial charge in [-0.05, 0) is 31.0 Å². The van der Waals surface area contributed by atoms with E-state index in [1.807, 2.05) is 25.1 Å². The summed E-state index contributed by atoms with van der Waals surface area (Å²) in [6.45, 7) is 2.05. The number of carbonyl (C=O) groups is 1. The normalized spacial score (nSPS) is 10.1. The summed E-state index contributed by atoms with van der Waals surface area (Å²) in [7, 11) is 0. The highest BCUT2D eigenvalue weighted by molar-refractivity contribution is 7.80. The number of anilines is 1. The van der Waals surface area contributed by atoms with Gasteiger partial charge in [-0.25, -0.2) is 0 Å². The van der Waals surface area contributed by atoms with Crippen molar-refractivity contribution in [1.82, 2.24) is 0 Å². The molecule has 3 N–H and O–H groups in total. The second-order valence-corrected chi connectivity index (χ2v) is 5.42. The molecular weight excluding hydrogens is 280 g/mol. The lowest BCUT2D eigenvalue weighted by Crippen LogP contribution is -2.14. The molecule has 0 bridgehead atoms. The van der Waals surface area contributed by atoms with E-state index in [1.165, 1.54) is 5.56 Å². The van der Waals surface area contributed by atoms with Crippen LogP contribution in [0.25, 0.3) is 0 Å². The Balaban J connectivity index is 1.91. The molecule has 0 heterocycles. The molecule has 2 rings (SSSR count). The lowest BCUT2D eigenvalue weighted by Gasteiger charge is -2.07. The Labute approximate surface area is 130 Å². The maximum atomic E-state index is 12.0. The van der Waals surface area contributed by atoms with Crippen LogP contribution in [-0.2, 0) is 11.2 Å². The number of benzene rings is 2. The predicted octanol–water partition coefficient (Wildman–Crippen LogP) is 3.20. The number of nitrogens with two attached hydrogens (primary N) is 1. The number of thiocarbonyl (C=S) groups is 1. The average molecular weight is 298 g/mol. The fourth-order valence-corrected chi connectivity index (χ4v) is 2.11. The summed E-state index contributed by atoms with van der Waals surface area (Å²) >= 11 is 4.93. The van der Waals surface area contributed by atoms with E-state index in [-0.39, 0.29) is 5.91 Å². The first-order chi connectivity index (χ1) is 10.0. The van der Waals surface area contributed by atoms with E-state index in [2.05, 4.69) is 29.6 Å². The Bertz CT molecular complexity index is 650. The smallest absolute Gasteiger partial charge is 0.224 e. The molecule has 0 radical (unpaired) electrons. The van der Waals surface area contributed by atoms with Crippen molar-refractivity contribution in [1.29, 1.82) is 0 Å². The highest BCUT2D eigenvalue weighted by Gasteiger charge is 2.04. The molecule has 1 amide bonds. The van der Waals surface area contributed by atoms with Crippen LogP contribution in [0, 0.1) is 6.92 Å². The summed E-state index contributed by atoms with van der Waals surface area (Å²) in [5, 5.41) is 2.86. The van der Waals surface area contributed by atoms with E-state index in [0.717, 1.165) is 17.5 Å². The van der Waals surface area contributed by atoms with E-state index in [1.54, 1.807) is 6.07 Å². The van der Waals surface area contributed by atoms with Gasteiger partial charge in [0.2, 0.25) is 5.91 Å². The van der Waals surface area contributed by atoms with Crippen molar-refractivity contribution in [3.63, 3.8) is 0 Å². The first-order valence-corrected chi connectivity index (χ1v) is 7.21. The third-order valence-electron chi connectivity index (χ3n) is 3.19. The molecule has 0 unspecified atom stereocenters. The van der Waals surface area contributed by atoms with Gasteiger partial charge in [0.15, 0.2) is 0 Å². The summed E-state index contributed by atoms with van der Waals surface area (Å²) in [4.78, 5) is 12.3. The molecular formula is C17H18N2OS. The van der Waals surface area contributed by atoms with E-state index >= 15 is 0 Å². The van der Waals surface area contributed by atoms with Crippen molar-refractivity contribution in [2.45, 2.75) is 19.8 Å². The van der Waals surface area contributed by atoms with Crippen LogP contribution < -0.4 is 11.1 Å². The second-order valence-electron chi connectivity index (χ2n) is 4.98. The monoisotopic (exact) mass is 298 g/mol. The summed E-state index contributed by atoms with van der Waals surface area (Å²) < 4.78 is 0. The van der Waals surface area contributed by atoms with E-state index < -0.39 is 0 Å². The van der Waals surface area contributed by atoms with Gasteiger partial charge in [0.05, 0.1) is 0 Å². The lowest BCUT2D eigenvalue weighted by molar-refractivity contribution is -0.116. The molecule has 108 valence electrons. The van der Waals surface area contributed by atoms with Crippen molar-refractivity contribution in [2.75, 3.05) is 5.32 Å². The minimum atomic E-state index is -0.0179. The maximum Gasteiger partial charge on any atom is 0.224 e. The van der Waals surface area contributed by atoms with Gasteiger partial charge in [0, 0.05) is 17.7 Å². The fourth-order valence-electron chi connectivity index (χ4n) is 1.99. The molecule has 0 saturated carbocycles.